The van der Waals surface area contributed by atoms with Crippen molar-refractivity contribution in [3.8, 4) is 0 Å². The third kappa shape index (κ3) is 3.10. The van der Waals surface area contributed by atoms with Crippen LogP contribution in [0.1, 0.15) is 58.2 Å². The molecule has 1 N–H and O–H groups in total. The minimum atomic E-state index is 0.488. The monoisotopic (exact) mass is 290 g/mol. The summed E-state index contributed by atoms with van der Waals surface area (Å²) in [6, 6.07) is 1.27. The molecule has 4 heteroatoms. The Kier molecular flexibility index (Phi) is 4.53. The van der Waals surface area contributed by atoms with Crippen LogP contribution in [0.25, 0.3) is 0 Å². The minimum absolute atomic E-state index is 0.488. The summed E-state index contributed by atoms with van der Waals surface area (Å²) in [4.78, 5) is 7.37. The maximum absolute atomic E-state index is 4.87. The molecule has 3 heterocycles. The van der Waals surface area contributed by atoms with Gasteiger partial charge in [-0.25, -0.2) is 4.98 Å². The molecule has 2 aliphatic rings. The molecule has 1 aromatic rings. The Morgan fingerprint density at radius 2 is 2.05 bits per heavy atom. The van der Waals surface area contributed by atoms with Crippen molar-refractivity contribution < 1.29 is 0 Å². The molecule has 0 saturated carbocycles. The lowest BCUT2D eigenvalue weighted by molar-refractivity contribution is 0.316. The van der Waals surface area contributed by atoms with Gasteiger partial charge in [-0.1, -0.05) is 6.92 Å². The molecule has 0 radical (unpaired) electrons. The van der Waals surface area contributed by atoms with Gasteiger partial charge >= 0.3 is 0 Å². The first-order valence-electron chi connectivity index (χ1n) is 8.75. The van der Waals surface area contributed by atoms with Gasteiger partial charge in [0.15, 0.2) is 0 Å². The molecular formula is C17H30N4. The molecule has 118 valence electrons. The fourth-order valence-corrected chi connectivity index (χ4v) is 3.83. The highest BCUT2D eigenvalue weighted by atomic mass is 15.3. The highest BCUT2D eigenvalue weighted by molar-refractivity contribution is 5.35. The van der Waals surface area contributed by atoms with Crippen molar-refractivity contribution in [2.45, 2.75) is 65.0 Å². The number of hydrogen-bond donors (Lipinski definition) is 1. The summed E-state index contributed by atoms with van der Waals surface area (Å²) in [7, 11) is 0. The summed E-state index contributed by atoms with van der Waals surface area (Å²) in [5, 5.41) is 3.68. The fraction of sp³-hybridized carbons (Fsp3) is 0.824. The standard InChI is InChI=1S/C17H30N4/c1-4-15-12-21(13(2)3)17(19-15)20-10-7-14(8-11-20)16-6-5-9-18-16/h12-14,16,18H,4-11H2,1-3H3. The van der Waals surface area contributed by atoms with E-state index in [1.165, 1.54) is 43.9 Å². The van der Waals surface area contributed by atoms with Crippen LogP contribution in [0.3, 0.4) is 0 Å². The number of nitrogens with one attached hydrogen (secondary N) is 1. The number of piperidine rings is 1. The van der Waals surface area contributed by atoms with Crippen LogP contribution in [0.5, 0.6) is 0 Å². The molecular weight excluding hydrogens is 260 g/mol. The number of aromatic nitrogens is 2. The van der Waals surface area contributed by atoms with Crippen LogP contribution in [0.4, 0.5) is 5.95 Å². The molecule has 2 saturated heterocycles. The average Bonchev–Trinajstić information content (AvgIpc) is 3.17. The van der Waals surface area contributed by atoms with Crippen molar-refractivity contribution in [3.05, 3.63) is 11.9 Å². The van der Waals surface area contributed by atoms with Crippen molar-refractivity contribution >= 4 is 5.95 Å². The van der Waals surface area contributed by atoms with E-state index in [-0.39, 0.29) is 0 Å². The predicted molar refractivity (Wildman–Crippen MR) is 88.0 cm³/mol. The lowest BCUT2D eigenvalue weighted by atomic mass is 9.89. The van der Waals surface area contributed by atoms with Crippen LogP contribution in [0, 0.1) is 5.92 Å². The summed E-state index contributed by atoms with van der Waals surface area (Å²) >= 11 is 0. The summed E-state index contributed by atoms with van der Waals surface area (Å²) in [6.07, 6.45) is 8.63. The number of rotatable bonds is 4. The Bertz CT molecular complexity index is 451. The van der Waals surface area contributed by atoms with Crippen LogP contribution in [-0.4, -0.2) is 35.2 Å². The Morgan fingerprint density at radius 3 is 2.62 bits per heavy atom. The zero-order valence-electron chi connectivity index (χ0n) is 13.8. The molecule has 2 aliphatic heterocycles. The number of aryl methyl sites for hydroxylation is 1. The van der Waals surface area contributed by atoms with Gasteiger partial charge in [0.1, 0.15) is 0 Å². The van der Waals surface area contributed by atoms with Gasteiger partial charge in [-0.2, -0.15) is 0 Å². The van der Waals surface area contributed by atoms with Crippen LogP contribution < -0.4 is 10.2 Å². The van der Waals surface area contributed by atoms with Gasteiger partial charge < -0.3 is 14.8 Å². The molecule has 1 aromatic heterocycles. The average molecular weight is 290 g/mol. The summed E-state index contributed by atoms with van der Waals surface area (Å²) < 4.78 is 2.35. The zero-order chi connectivity index (χ0) is 14.8. The fourth-order valence-electron chi connectivity index (χ4n) is 3.83. The van der Waals surface area contributed by atoms with E-state index in [2.05, 4.69) is 41.8 Å². The molecule has 1 unspecified atom stereocenters. The molecule has 0 aromatic carbocycles. The highest BCUT2D eigenvalue weighted by Crippen LogP contribution is 2.29. The molecule has 4 nitrogen and oxygen atoms in total. The van der Waals surface area contributed by atoms with Crippen molar-refractivity contribution in [1.29, 1.82) is 0 Å². The van der Waals surface area contributed by atoms with E-state index >= 15 is 0 Å². The lowest BCUT2D eigenvalue weighted by Crippen LogP contribution is -2.41. The Labute approximate surface area is 128 Å². The van der Waals surface area contributed by atoms with E-state index < -0.39 is 0 Å². The number of hydrogen-bond acceptors (Lipinski definition) is 3. The van der Waals surface area contributed by atoms with E-state index in [9.17, 15) is 0 Å². The Hall–Kier alpha value is -1.03. The second kappa shape index (κ2) is 6.39. The van der Waals surface area contributed by atoms with E-state index in [0.29, 0.717) is 6.04 Å². The van der Waals surface area contributed by atoms with E-state index in [0.717, 1.165) is 31.5 Å². The molecule has 0 amide bonds. The number of nitrogens with zero attached hydrogens (tertiary/aromatic N) is 3. The first-order chi connectivity index (χ1) is 10.2. The maximum atomic E-state index is 4.87. The Balaban J connectivity index is 1.67. The largest absolute Gasteiger partial charge is 0.342 e. The topological polar surface area (TPSA) is 33.1 Å². The minimum Gasteiger partial charge on any atom is -0.342 e. The van der Waals surface area contributed by atoms with Crippen molar-refractivity contribution in [1.82, 2.24) is 14.9 Å². The van der Waals surface area contributed by atoms with E-state index in [4.69, 9.17) is 4.98 Å². The summed E-state index contributed by atoms with van der Waals surface area (Å²) in [5.41, 5.74) is 1.22. The lowest BCUT2D eigenvalue weighted by Gasteiger charge is -2.36. The molecule has 3 rings (SSSR count). The van der Waals surface area contributed by atoms with Gasteiger partial charge in [0.25, 0.3) is 0 Å². The third-order valence-corrected chi connectivity index (χ3v) is 5.17. The molecule has 0 aliphatic carbocycles. The van der Waals surface area contributed by atoms with Crippen LogP contribution in [0.2, 0.25) is 0 Å². The number of imidazole rings is 1. The number of anilines is 1. The third-order valence-electron chi connectivity index (χ3n) is 5.17. The normalized spacial score (nSPS) is 24.2. The van der Waals surface area contributed by atoms with Gasteiger partial charge in [-0.3, -0.25) is 0 Å². The van der Waals surface area contributed by atoms with Gasteiger partial charge in [0.2, 0.25) is 5.95 Å². The van der Waals surface area contributed by atoms with Crippen molar-refractivity contribution in [3.63, 3.8) is 0 Å². The second-order valence-electron chi connectivity index (χ2n) is 6.91. The van der Waals surface area contributed by atoms with Gasteiger partial charge in [-0.15, -0.1) is 0 Å². The Morgan fingerprint density at radius 1 is 1.29 bits per heavy atom. The van der Waals surface area contributed by atoms with Crippen molar-refractivity contribution in [2.24, 2.45) is 5.92 Å². The molecule has 2 fully saturated rings. The molecule has 0 spiro atoms. The van der Waals surface area contributed by atoms with Gasteiger partial charge in [-0.05, 0) is 58.4 Å². The highest BCUT2D eigenvalue weighted by Gasteiger charge is 2.29. The van der Waals surface area contributed by atoms with Gasteiger partial charge in [0.05, 0.1) is 5.69 Å². The quantitative estimate of drug-likeness (QED) is 0.925. The maximum Gasteiger partial charge on any atom is 0.205 e. The summed E-state index contributed by atoms with van der Waals surface area (Å²) in [5.74, 6) is 2.07. The van der Waals surface area contributed by atoms with Gasteiger partial charge in [0, 0.05) is 31.4 Å². The second-order valence-corrected chi connectivity index (χ2v) is 6.91. The van der Waals surface area contributed by atoms with Crippen LogP contribution >= 0.6 is 0 Å². The molecule has 0 bridgehead atoms. The smallest absolute Gasteiger partial charge is 0.205 e. The van der Waals surface area contributed by atoms with Crippen molar-refractivity contribution in [2.75, 3.05) is 24.5 Å². The van der Waals surface area contributed by atoms with E-state index in [1.54, 1.807) is 0 Å². The summed E-state index contributed by atoms with van der Waals surface area (Å²) in [6.45, 7) is 10.2. The molecule has 1 atom stereocenters. The first kappa shape index (κ1) is 14.9. The SMILES string of the molecule is CCc1cn(C(C)C)c(N2CCC(C3CCCN3)CC2)n1. The zero-order valence-corrected chi connectivity index (χ0v) is 13.8. The molecule has 21 heavy (non-hydrogen) atoms. The van der Waals surface area contributed by atoms with Crippen LogP contribution in [0.15, 0.2) is 6.20 Å². The van der Waals surface area contributed by atoms with Crippen LogP contribution in [-0.2, 0) is 6.42 Å². The predicted octanol–water partition coefficient (Wildman–Crippen LogP) is 2.99. The first-order valence-corrected chi connectivity index (χ1v) is 8.75. The van der Waals surface area contributed by atoms with E-state index in [1.807, 2.05) is 0 Å².